The van der Waals surface area contributed by atoms with Crippen molar-refractivity contribution in [1.29, 1.82) is 0 Å². The Morgan fingerprint density at radius 2 is 1.15 bits per heavy atom. The molecular formula is C23H18O2S2. The Kier molecular flexibility index (Phi) is 5.66. The maximum atomic E-state index is 12.7. The molecule has 4 heteroatoms. The van der Waals surface area contributed by atoms with E-state index in [2.05, 4.69) is 24.3 Å². The van der Waals surface area contributed by atoms with Crippen LogP contribution >= 0.6 is 23.5 Å². The van der Waals surface area contributed by atoms with E-state index in [0.29, 0.717) is 10.5 Å². The van der Waals surface area contributed by atoms with Crippen molar-refractivity contribution in [2.24, 2.45) is 0 Å². The van der Waals surface area contributed by atoms with Gasteiger partial charge in [-0.15, -0.1) is 23.5 Å². The molecule has 0 saturated carbocycles. The normalized spacial score (nSPS) is 11.0. The molecule has 0 saturated heterocycles. The van der Waals surface area contributed by atoms with Gasteiger partial charge in [0.25, 0.3) is 0 Å². The lowest BCUT2D eigenvalue weighted by atomic mass is 10.2. The SMILES string of the molecule is O=c1oc2ccccc2c(SCc2ccccc2)c1SCc1ccccc1. The summed E-state index contributed by atoms with van der Waals surface area (Å²) < 4.78 is 5.58. The number of benzene rings is 3. The number of fused-ring (bicyclic) bond motifs is 1. The highest BCUT2D eigenvalue weighted by molar-refractivity contribution is 8.01. The third-order valence-corrected chi connectivity index (χ3v) is 6.63. The molecule has 4 rings (SSSR count). The summed E-state index contributed by atoms with van der Waals surface area (Å²) in [5.74, 6) is 1.55. The van der Waals surface area contributed by atoms with Crippen molar-refractivity contribution in [3.63, 3.8) is 0 Å². The van der Waals surface area contributed by atoms with Crippen LogP contribution in [0.2, 0.25) is 0 Å². The number of thioether (sulfide) groups is 2. The van der Waals surface area contributed by atoms with E-state index in [0.717, 1.165) is 21.8 Å². The van der Waals surface area contributed by atoms with Crippen LogP contribution in [-0.4, -0.2) is 0 Å². The zero-order valence-corrected chi connectivity index (χ0v) is 16.3. The van der Waals surface area contributed by atoms with E-state index < -0.39 is 0 Å². The summed E-state index contributed by atoms with van der Waals surface area (Å²) in [7, 11) is 0. The summed E-state index contributed by atoms with van der Waals surface area (Å²) in [6, 6.07) is 28.3. The van der Waals surface area contributed by atoms with E-state index in [4.69, 9.17) is 4.42 Å². The van der Waals surface area contributed by atoms with Crippen LogP contribution in [0.5, 0.6) is 0 Å². The maximum absolute atomic E-state index is 12.7. The van der Waals surface area contributed by atoms with Crippen LogP contribution in [0.25, 0.3) is 11.0 Å². The fourth-order valence-electron chi connectivity index (χ4n) is 2.83. The molecule has 134 valence electrons. The van der Waals surface area contributed by atoms with Gasteiger partial charge in [-0.25, -0.2) is 4.79 Å². The quantitative estimate of drug-likeness (QED) is 0.282. The second kappa shape index (κ2) is 8.51. The van der Waals surface area contributed by atoms with E-state index in [1.807, 2.05) is 60.7 Å². The van der Waals surface area contributed by atoms with Crippen LogP contribution < -0.4 is 5.63 Å². The van der Waals surface area contributed by atoms with Gasteiger partial charge in [0.1, 0.15) is 10.5 Å². The van der Waals surface area contributed by atoms with Gasteiger partial charge in [-0.1, -0.05) is 78.9 Å². The fourth-order valence-corrected chi connectivity index (χ4v) is 5.13. The predicted molar refractivity (Wildman–Crippen MR) is 114 cm³/mol. The van der Waals surface area contributed by atoms with Crippen molar-refractivity contribution < 1.29 is 4.42 Å². The second-order valence-electron chi connectivity index (χ2n) is 6.09. The first-order valence-corrected chi connectivity index (χ1v) is 10.7. The Hall–Kier alpha value is -2.43. The van der Waals surface area contributed by atoms with Gasteiger partial charge in [0.2, 0.25) is 0 Å². The minimum absolute atomic E-state index is 0.259. The van der Waals surface area contributed by atoms with Crippen LogP contribution in [0, 0.1) is 0 Å². The molecule has 0 bridgehead atoms. The molecule has 27 heavy (non-hydrogen) atoms. The number of hydrogen-bond donors (Lipinski definition) is 0. The zero-order chi connectivity index (χ0) is 18.5. The highest BCUT2D eigenvalue weighted by Gasteiger charge is 2.16. The molecule has 4 aromatic rings. The molecule has 0 aliphatic rings. The third kappa shape index (κ3) is 4.29. The van der Waals surface area contributed by atoms with E-state index in [9.17, 15) is 4.79 Å². The second-order valence-corrected chi connectivity index (χ2v) is 8.06. The summed E-state index contributed by atoms with van der Waals surface area (Å²) in [5.41, 5.74) is 2.81. The predicted octanol–water partition coefficient (Wildman–Crippen LogP) is 6.38. The largest absolute Gasteiger partial charge is 0.422 e. The summed E-state index contributed by atoms with van der Waals surface area (Å²) in [6.07, 6.45) is 0. The summed E-state index contributed by atoms with van der Waals surface area (Å²) in [6.45, 7) is 0. The molecule has 0 aliphatic heterocycles. The van der Waals surface area contributed by atoms with Crippen molar-refractivity contribution in [3.05, 3.63) is 106 Å². The van der Waals surface area contributed by atoms with Crippen molar-refractivity contribution in [2.45, 2.75) is 21.3 Å². The van der Waals surface area contributed by atoms with E-state index in [1.54, 1.807) is 23.5 Å². The standard InChI is InChI=1S/C23H18O2S2/c24-23-22(27-16-18-11-5-2-6-12-18)21(19-13-7-8-14-20(19)25-23)26-15-17-9-3-1-4-10-17/h1-14H,15-16H2. The molecular weight excluding hydrogens is 372 g/mol. The monoisotopic (exact) mass is 390 g/mol. The van der Waals surface area contributed by atoms with Gasteiger partial charge in [-0.2, -0.15) is 0 Å². The molecule has 3 aromatic carbocycles. The first-order chi connectivity index (χ1) is 13.3. The van der Waals surface area contributed by atoms with Crippen LogP contribution in [0.3, 0.4) is 0 Å². The zero-order valence-electron chi connectivity index (χ0n) is 14.6. The van der Waals surface area contributed by atoms with Gasteiger partial charge >= 0.3 is 5.63 Å². The molecule has 0 amide bonds. The third-order valence-electron chi connectivity index (χ3n) is 4.18. The molecule has 0 fully saturated rings. The lowest BCUT2D eigenvalue weighted by Crippen LogP contribution is -2.05. The van der Waals surface area contributed by atoms with Gasteiger partial charge in [-0.05, 0) is 17.2 Å². The Bertz CT molecular complexity index is 1090. The first-order valence-electron chi connectivity index (χ1n) is 8.70. The molecule has 0 N–H and O–H groups in total. The lowest BCUT2D eigenvalue weighted by molar-refractivity contribution is 0.537. The van der Waals surface area contributed by atoms with Gasteiger partial charge in [0.15, 0.2) is 0 Å². The van der Waals surface area contributed by atoms with Crippen LogP contribution in [0.4, 0.5) is 0 Å². The minimum Gasteiger partial charge on any atom is -0.422 e. The Balaban J connectivity index is 1.70. The fraction of sp³-hybridized carbons (Fsp3) is 0.0870. The number of para-hydroxylation sites is 1. The Morgan fingerprint density at radius 1 is 0.630 bits per heavy atom. The maximum Gasteiger partial charge on any atom is 0.351 e. The van der Waals surface area contributed by atoms with Crippen molar-refractivity contribution in [3.8, 4) is 0 Å². The Morgan fingerprint density at radius 3 is 1.78 bits per heavy atom. The molecule has 0 spiro atoms. The molecule has 2 nitrogen and oxygen atoms in total. The van der Waals surface area contributed by atoms with Gasteiger partial charge < -0.3 is 4.42 Å². The summed E-state index contributed by atoms with van der Waals surface area (Å²) in [4.78, 5) is 14.4. The molecule has 1 aromatic heterocycles. The summed E-state index contributed by atoms with van der Waals surface area (Å²) in [5, 5.41) is 0.994. The van der Waals surface area contributed by atoms with Crippen LogP contribution in [-0.2, 0) is 11.5 Å². The van der Waals surface area contributed by atoms with Crippen LogP contribution in [0.1, 0.15) is 11.1 Å². The van der Waals surface area contributed by atoms with Crippen molar-refractivity contribution >= 4 is 34.5 Å². The average molecular weight is 391 g/mol. The van der Waals surface area contributed by atoms with Gasteiger partial charge in [-0.3, -0.25) is 0 Å². The highest BCUT2D eigenvalue weighted by Crippen LogP contribution is 2.37. The molecule has 0 unspecified atom stereocenters. The van der Waals surface area contributed by atoms with Crippen molar-refractivity contribution in [2.75, 3.05) is 0 Å². The first kappa shape index (κ1) is 18.0. The average Bonchev–Trinajstić information content (AvgIpc) is 2.72. The van der Waals surface area contributed by atoms with E-state index in [-0.39, 0.29) is 5.63 Å². The lowest BCUT2D eigenvalue weighted by Gasteiger charge is -2.11. The molecule has 0 radical (unpaired) electrons. The molecule has 0 atom stereocenters. The van der Waals surface area contributed by atoms with E-state index >= 15 is 0 Å². The number of rotatable bonds is 6. The molecule has 1 heterocycles. The molecule has 0 aliphatic carbocycles. The smallest absolute Gasteiger partial charge is 0.351 e. The van der Waals surface area contributed by atoms with Crippen LogP contribution in [0.15, 0.2) is 104 Å². The minimum atomic E-state index is -0.259. The topological polar surface area (TPSA) is 30.2 Å². The van der Waals surface area contributed by atoms with Gasteiger partial charge in [0, 0.05) is 21.8 Å². The van der Waals surface area contributed by atoms with E-state index in [1.165, 1.54) is 11.1 Å². The summed E-state index contributed by atoms with van der Waals surface area (Å²) >= 11 is 3.25. The number of hydrogen-bond acceptors (Lipinski definition) is 4. The van der Waals surface area contributed by atoms with Gasteiger partial charge in [0.05, 0.1) is 0 Å². The highest BCUT2D eigenvalue weighted by atomic mass is 32.2. The van der Waals surface area contributed by atoms with Crippen molar-refractivity contribution in [1.82, 2.24) is 0 Å². The Labute approximate surface area is 166 Å².